The summed E-state index contributed by atoms with van der Waals surface area (Å²) in [4.78, 5) is 29.6. The second kappa shape index (κ2) is 14.0. The van der Waals surface area contributed by atoms with E-state index in [1.165, 1.54) is 12.0 Å². The van der Waals surface area contributed by atoms with E-state index in [1.807, 2.05) is 54.6 Å². The number of nitrogens with one attached hydrogen (secondary N) is 1. The number of hydrogen-bond acceptors (Lipinski definition) is 2. The lowest BCUT2D eigenvalue weighted by molar-refractivity contribution is -0.141. The van der Waals surface area contributed by atoms with Crippen LogP contribution in [0.3, 0.4) is 0 Å². The lowest BCUT2D eigenvalue weighted by Crippen LogP contribution is -2.52. The largest absolute Gasteiger partial charge is 0.352 e. The predicted octanol–water partition coefficient (Wildman–Crippen LogP) is 7.66. The smallest absolute Gasteiger partial charge is 0.243 e. The van der Waals surface area contributed by atoms with Crippen LogP contribution in [-0.4, -0.2) is 28.8 Å². The van der Waals surface area contributed by atoms with E-state index in [0.717, 1.165) is 42.4 Å². The standard InChI is InChI=1S/C35H43ClN2O2/c1-35(2,3)29-20-17-26(18-21-29)19-22-33(39)38(25-28-13-10-14-30(36)23-28)32(24-27-11-6-4-7-12-27)34(40)37-31-15-8-5-9-16-31/h4,6-7,10-14,17-18,20-21,23,31-32H,5,8-9,15-16,19,22,24-25H2,1-3H3,(H,37,40)/t32-/m1/s1. The molecule has 0 unspecified atom stereocenters. The van der Waals surface area contributed by atoms with Gasteiger partial charge in [-0.2, -0.15) is 0 Å². The Bertz CT molecular complexity index is 1240. The number of carbonyl (C=O) groups excluding carboxylic acids is 2. The molecule has 40 heavy (non-hydrogen) atoms. The first kappa shape index (κ1) is 29.9. The van der Waals surface area contributed by atoms with Crippen molar-refractivity contribution in [2.45, 2.75) is 96.2 Å². The first-order valence-electron chi connectivity index (χ1n) is 14.7. The van der Waals surface area contributed by atoms with E-state index < -0.39 is 6.04 Å². The van der Waals surface area contributed by atoms with Crippen LogP contribution in [0.1, 0.15) is 81.5 Å². The Labute approximate surface area is 245 Å². The van der Waals surface area contributed by atoms with Crippen molar-refractivity contribution in [3.05, 3.63) is 106 Å². The molecule has 0 bridgehead atoms. The molecule has 3 aromatic rings. The molecule has 1 atom stereocenters. The fourth-order valence-corrected chi connectivity index (χ4v) is 5.71. The highest BCUT2D eigenvalue weighted by molar-refractivity contribution is 6.30. The first-order valence-corrected chi connectivity index (χ1v) is 15.0. The van der Waals surface area contributed by atoms with E-state index in [1.54, 1.807) is 4.90 Å². The zero-order valence-electron chi connectivity index (χ0n) is 24.2. The number of carbonyl (C=O) groups is 2. The number of aryl methyl sites for hydroxylation is 1. The van der Waals surface area contributed by atoms with Gasteiger partial charge in [0.15, 0.2) is 0 Å². The highest BCUT2D eigenvalue weighted by atomic mass is 35.5. The van der Waals surface area contributed by atoms with E-state index in [0.29, 0.717) is 30.8 Å². The zero-order chi connectivity index (χ0) is 28.5. The zero-order valence-corrected chi connectivity index (χ0v) is 24.9. The number of hydrogen-bond donors (Lipinski definition) is 1. The van der Waals surface area contributed by atoms with Gasteiger partial charge >= 0.3 is 0 Å². The van der Waals surface area contributed by atoms with Gasteiger partial charge in [0.05, 0.1) is 0 Å². The average molecular weight is 559 g/mol. The molecule has 4 rings (SSSR count). The molecule has 2 amide bonds. The Kier molecular flexibility index (Phi) is 10.4. The summed E-state index contributed by atoms with van der Waals surface area (Å²) in [5.74, 6) is -0.0970. The third-order valence-electron chi connectivity index (χ3n) is 7.91. The Morgan fingerprint density at radius 1 is 0.875 bits per heavy atom. The van der Waals surface area contributed by atoms with Gasteiger partial charge in [-0.1, -0.05) is 118 Å². The summed E-state index contributed by atoms with van der Waals surface area (Å²) in [6.07, 6.45) is 6.89. The molecule has 1 aliphatic rings. The first-order chi connectivity index (χ1) is 19.2. The molecular formula is C35H43ClN2O2. The Hall–Kier alpha value is -3.11. The van der Waals surface area contributed by atoms with Crippen molar-refractivity contribution in [1.29, 1.82) is 0 Å². The fourth-order valence-electron chi connectivity index (χ4n) is 5.50. The molecule has 0 aliphatic heterocycles. The molecule has 1 saturated carbocycles. The number of amides is 2. The van der Waals surface area contributed by atoms with Crippen LogP contribution in [0.5, 0.6) is 0 Å². The van der Waals surface area contributed by atoms with Gasteiger partial charge in [-0.25, -0.2) is 0 Å². The van der Waals surface area contributed by atoms with E-state index in [4.69, 9.17) is 11.6 Å². The third kappa shape index (κ3) is 8.69. The van der Waals surface area contributed by atoms with Gasteiger partial charge in [0.1, 0.15) is 6.04 Å². The van der Waals surface area contributed by atoms with E-state index in [-0.39, 0.29) is 23.3 Å². The summed E-state index contributed by atoms with van der Waals surface area (Å²) in [5.41, 5.74) is 4.42. The van der Waals surface area contributed by atoms with Crippen LogP contribution < -0.4 is 5.32 Å². The average Bonchev–Trinajstić information content (AvgIpc) is 2.94. The van der Waals surface area contributed by atoms with Crippen LogP contribution in [0, 0.1) is 0 Å². The number of nitrogens with zero attached hydrogens (tertiary/aromatic N) is 1. The molecule has 1 N–H and O–H groups in total. The highest BCUT2D eigenvalue weighted by Crippen LogP contribution is 2.24. The SMILES string of the molecule is CC(C)(C)c1ccc(CCC(=O)N(Cc2cccc(Cl)c2)[C@H](Cc2ccccc2)C(=O)NC2CCCCC2)cc1. The maximum absolute atomic E-state index is 14.0. The third-order valence-corrected chi connectivity index (χ3v) is 8.15. The van der Waals surface area contributed by atoms with Crippen molar-refractivity contribution in [2.24, 2.45) is 0 Å². The van der Waals surface area contributed by atoms with Crippen LogP contribution in [0.25, 0.3) is 0 Å². The molecule has 0 aromatic heterocycles. The van der Waals surface area contributed by atoms with Crippen LogP contribution >= 0.6 is 11.6 Å². The number of rotatable bonds is 10. The molecular weight excluding hydrogens is 516 g/mol. The molecule has 212 valence electrons. The van der Waals surface area contributed by atoms with Crippen molar-refractivity contribution in [3.63, 3.8) is 0 Å². The Morgan fingerprint density at radius 2 is 1.55 bits per heavy atom. The topological polar surface area (TPSA) is 49.4 Å². The van der Waals surface area contributed by atoms with E-state index in [2.05, 4.69) is 50.4 Å². The minimum atomic E-state index is -0.612. The maximum Gasteiger partial charge on any atom is 0.243 e. The Morgan fingerprint density at radius 3 is 2.20 bits per heavy atom. The van der Waals surface area contributed by atoms with Gasteiger partial charge in [-0.3, -0.25) is 9.59 Å². The molecule has 0 saturated heterocycles. The van der Waals surface area contributed by atoms with Crippen LogP contribution in [0.15, 0.2) is 78.9 Å². The van der Waals surface area contributed by atoms with Gasteiger partial charge in [-0.15, -0.1) is 0 Å². The minimum Gasteiger partial charge on any atom is -0.352 e. The normalized spacial score (nSPS) is 14.9. The van der Waals surface area contributed by atoms with Gasteiger partial charge in [0.25, 0.3) is 0 Å². The monoisotopic (exact) mass is 558 g/mol. The van der Waals surface area contributed by atoms with Crippen LogP contribution in [0.4, 0.5) is 0 Å². The summed E-state index contributed by atoms with van der Waals surface area (Å²) in [6, 6.07) is 25.7. The van der Waals surface area contributed by atoms with Crippen LogP contribution in [-0.2, 0) is 34.4 Å². The summed E-state index contributed by atoms with van der Waals surface area (Å²) >= 11 is 6.31. The molecule has 0 radical (unpaired) electrons. The van der Waals surface area contributed by atoms with E-state index in [9.17, 15) is 9.59 Å². The van der Waals surface area contributed by atoms with Gasteiger partial charge in [0.2, 0.25) is 11.8 Å². The Balaban J connectivity index is 1.59. The molecule has 5 heteroatoms. The quantitative estimate of drug-likeness (QED) is 0.278. The van der Waals surface area contributed by atoms with Crippen molar-refractivity contribution < 1.29 is 9.59 Å². The van der Waals surface area contributed by atoms with Crippen molar-refractivity contribution in [2.75, 3.05) is 0 Å². The van der Waals surface area contributed by atoms with Crippen molar-refractivity contribution >= 4 is 23.4 Å². The lowest BCUT2D eigenvalue weighted by Gasteiger charge is -2.33. The molecule has 0 spiro atoms. The molecule has 4 nitrogen and oxygen atoms in total. The second-order valence-corrected chi connectivity index (χ2v) is 12.6. The predicted molar refractivity (Wildman–Crippen MR) is 164 cm³/mol. The molecule has 1 fully saturated rings. The summed E-state index contributed by atoms with van der Waals surface area (Å²) < 4.78 is 0. The molecule has 3 aromatic carbocycles. The van der Waals surface area contributed by atoms with Crippen molar-refractivity contribution in [3.8, 4) is 0 Å². The second-order valence-electron chi connectivity index (χ2n) is 12.1. The highest BCUT2D eigenvalue weighted by Gasteiger charge is 2.31. The van der Waals surface area contributed by atoms with Gasteiger partial charge < -0.3 is 10.2 Å². The lowest BCUT2D eigenvalue weighted by atomic mass is 9.86. The fraction of sp³-hybridized carbons (Fsp3) is 0.429. The summed E-state index contributed by atoms with van der Waals surface area (Å²) in [6.45, 7) is 6.93. The molecule has 1 aliphatic carbocycles. The minimum absolute atomic E-state index is 0.0281. The summed E-state index contributed by atoms with van der Waals surface area (Å²) in [7, 11) is 0. The molecule has 0 heterocycles. The van der Waals surface area contributed by atoms with Gasteiger partial charge in [-0.05, 0) is 59.1 Å². The van der Waals surface area contributed by atoms with Crippen molar-refractivity contribution in [1.82, 2.24) is 10.2 Å². The number of benzene rings is 3. The maximum atomic E-state index is 14.0. The van der Waals surface area contributed by atoms with Gasteiger partial charge in [0, 0.05) is 30.5 Å². The summed E-state index contributed by atoms with van der Waals surface area (Å²) in [5, 5.41) is 3.93. The number of halogens is 1. The van der Waals surface area contributed by atoms with E-state index >= 15 is 0 Å². The van der Waals surface area contributed by atoms with Crippen LogP contribution in [0.2, 0.25) is 5.02 Å².